The van der Waals surface area contributed by atoms with Crippen molar-refractivity contribution in [3.05, 3.63) is 47.5 Å². The predicted octanol–water partition coefficient (Wildman–Crippen LogP) is 4.10. The van der Waals surface area contributed by atoms with Gasteiger partial charge in [0, 0.05) is 5.56 Å². The second kappa shape index (κ2) is 8.97. The van der Waals surface area contributed by atoms with Gasteiger partial charge in [-0.2, -0.15) is 0 Å². The molecule has 0 aliphatic heterocycles. The van der Waals surface area contributed by atoms with Crippen LogP contribution in [-0.4, -0.2) is 33.7 Å². The Morgan fingerprint density at radius 2 is 1.40 bits per heavy atom. The Kier molecular flexibility index (Phi) is 6.69. The second-order valence-electron chi connectivity index (χ2n) is 5.79. The predicted molar refractivity (Wildman–Crippen MR) is 96.5 cm³/mol. The Labute approximate surface area is 148 Å². The van der Waals surface area contributed by atoms with Crippen molar-refractivity contribution in [2.75, 3.05) is 27.4 Å². The molecule has 0 unspecified atom stereocenters. The summed E-state index contributed by atoms with van der Waals surface area (Å²) in [7, 11) is 3.17. The van der Waals surface area contributed by atoms with Gasteiger partial charge in [-0.05, 0) is 41.8 Å². The van der Waals surface area contributed by atoms with Gasteiger partial charge in [0.05, 0.1) is 14.2 Å². The molecule has 2 rings (SSSR count). The van der Waals surface area contributed by atoms with Gasteiger partial charge < -0.3 is 18.9 Å². The zero-order chi connectivity index (χ0) is 18.2. The van der Waals surface area contributed by atoms with Crippen LogP contribution in [0.1, 0.15) is 35.7 Å². The van der Waals surface area contributed by atoms with Crippen LogP contribution >= 0.6 is 0 Å². The van der Waals surface area contributed by atoms with Crippen LogP contribution in [0.2, 0.25) is 0 Å². The van der Waals surface area contributed by atoms with Crippen molar-refractivity contribution in [3.63, 3.8) is 0 Å². The number of hydrogen-bond acceptors (Lipinski definition) is 5. The van der Waals surface area contributed by atoms with Gasteiger partial charge in [-0.3, -0.25) is 4.79 Å². The van der Waals surface area contributed by atoms with Gasteiger partial charge in [0.25, 0.3) is 0 Å². The maximum absolute atomic E-state index is 10.9. The molecule has 0 saturated carbocycles. The van der Waals surface area contributed by atoms with Crippen molar-refractivity contribution in [2.24, 2.45) is 0 Å². The number of ether oxygens (including phenoxy) is 4. The molecule has 0 atom stereocenters. The van der Waals surface area contributed by atoms with Crippen LogP contribution in [0.15, 0.2) is 36.4 Å². The van der Waals surface area contributed by atoms with Gasteiger partial charge >= 0.3 is 0 Å². The van der Waals surface area contributed by atoms with Crippen LogP contribution in [0.3, 0.4) is 0 Å². The highest BCUT2D eigenvalue weighted by Gasteiger charge is 2.09. The summed E-state index contributed by atoms with van der Waals surface area (Å²) in [6, 6.07) is 10.9. The molecular weight excluding hydrogens is 320 g/mol. The number of carbonyl (C=O) groups is 1. The Balaban J connectivity index is 1.99. The topological polar surface area (TPSA) is 54.0 Å². The highest BCUT2D eigenvalue weighted by atomic mass is 16.5. The fourth-order valence-corrected chi connectivity index (χ4v) is 2.35. The van der Waals surface area contributed by atoms with E-state index in [0.29, 0.717) is 47.7 Å². The van der Waals surface area contributed by atoms with Gasteiger partial charge in [-0.1, -0.05) is 19.9 Å². The second-order valence-corrected chi connectivity index (χ2v) is 5.79. The molecule has 0 radical (unpaired) electrons. The van der Waals surface area contributed by atoms with E-state index < -0.39 is 0 Å². The molecule has 0 spiro atoms. The van der Waals surface area contributed by atoms with Gasteiger partial charge in [0.2, 0.25) is 0 Å². The van der Waals surface area contributed by atoms with E-state index in [4.69, 9.17) is 18.9 Å². The molecule has 0 fully saturated rings. The van der Waals surface area contributed by atoms with Crippen LogP contribution in [0.5, 0.6) is 23.0 Å². The van der Waals surface area contributed by atoms with Crippen molar-refractivity contribution in [2.45, 2.75) is 19.8 Å². The molecule has 25 heavy (non-hydrogen) atoms. The van der Waals surface area contributed by atoms with E-state index in [-0.39, 0.29) is 0 Å². The summed E-state index contributed by atoms with van der Waals surface area (Å²) in [5.41, 5.74) is 1.71. The number of benzene rings is 2. The fraction of sp³-hybridized carbons (Fsp3) is 0.350. The van der Waals surface area contributed by atoms with Crippen molar-refractivity contribution in [1.82, 2.24) is 0 Å². The molecule has 0 amide bonds. The lowest BCUT2D eigenvalue weighted by atomic mass is 10.0. The number of methoxy groups -OCH3 is 2. The largest absolute Gasteiger partial charge is 0.493 e. The van der Waals surface area contributed by atoms with Crippen molar-refractivity contribution in [1.29, 1.82) is 0 Å². The minimum Gasteiger partial charge on any atom is -0.493 e. The maximum atomic E-state index is 10.9. The van der Waals surface area contributed by atoms with Crippen LogP contribution < -0.4 is 18.9 Å². The molecule has 0 saturated heterocycles. The molecule has 0 N–H and O–H groups in total. The minimum atomic E-state index is 0.313. The molecule has 5 heteroatoms. The van der Waals surface area contributed by atoms with E-state index in [1.807, 2.05) is 18.2 Å². The normalized spacial score (nSPS) is 10.4. The van der Waals surface area contributed by atoms with E-state index in [1.165, 1.54) is 5.56 Å². The monoisotopic (exact) mass is 344 g/mol. The first kappa shape index (κ1) is 18.6. The molecule has 0 aliphatic rings. The molecule has 2 aromatic carbocycles. The Morgan fingerprint density at radius 3 is 1.92 bits per heavy atom. The lowest BCUT2D eigenvalue weighted by molar-refractivity contribution is 0.112. The van der Waals surface area contributed by atoms with Crippen molar-refractivity contribution >= 4 is 6.29 Å². The van der Waals surface area contributed by atoms with Crippen LogP contribution in [0.4, 0.5) is 0 Å². The van der Waals surface area contributed by atoms with Gasteiger partial charge in [0.1, 0.15) is 19.5 Å². The quantitative estimate of drug-likeness (QED) is 0.506. The molecule has 0 heterocycles. The first-order valence-electron chi connectivity index (χ1n) is 8.15. The van der Waals surface area contributed by atoms with E-state index in [9.17, 15) is 4.79 Å². The summed E-state index contributed by atoms with van der Waals surface area (Å²) in [6.45, 7) is 4.90. The van der Waals surface area contributed by atoms with Crippen LogP contribution in [-0.2, 0) is 0 Å². The zero-order valence-corrected chi connectivity index (χ0v) is 15.1. The average molecular weight is 344 g/mol. The summed E-state index contributed by atoms with van der Waals surface area (Å²) in [5, 5.41) is 0. The highest BCUT2D eigenvalue weighted by Crippen LogP contribution is 2.31. The summed E-state index contributed by atoms with van der Waals surface area (Å²) >= 11 is 0. The lowest BCUT2D eigenvalue weighted by Gasteiger charge is -2.15. The van der Waals surface area contributed by atoms with Gasteiger partial charge in [0.15, 0.2) is 23.0 Å². The third-order valence-corrected chi connectivity index (χ3v) is 3.78. The highest BCUT2D eigenvalue weighted by molar-refractivity contribution is 5.76. The number of rotatable bonds is 9. The van der Waals surface area contributed by atoms with Crippen molar-refractivity contribution in [3.8, 4) is 23.0 Å². The first-order chi connectivity index (χ1) is 12.1. The van der Waals surface area contributed by atoms with Crippen LogP contribution in [0.25, 0.3) is 0 Å². The Bertz CT molecular complexity index is 709. The molecule has 2 aromatic rings. The standard InChI is InChI=1S/C20H24O5/c1-14(2)16-6-8-18(23-4)20(12-16)25-10-9-24-19-11-15(13-21)5-7-17(19)22-3/h5-8,11-14H,9-10H2,1-4H3. The third-order valence-electron chi connectivity index (χ3n) is 3.78. The SMILES string of the molecule is COc1ccc(C=O)cc1OCCOc1cc(C(C)C)ccc1OC. The fourth-order valence-electron chi connectivity index (χ4n) is 2.35. The smallest absolute Gasteiger partial charge is 0.162 e. The Hall–Kier alpha value is -2.69. The van der Waals surface area contributed by atoms with E-state index in [0.717, 1.165) is 6.29 Å². The molecule has 0 aromatic heterocycles. The first-order valence-corrected chi connectivity index (χ1v) is 8.15. The number of aldehydes is 1. The number of hydrogen-bond donors (Lipinski definition) is 0. The minimum absolute atomic E-state index is 0.313. The molecule has 134 valence electrons. The van der Waals surface area contributed by atoms with E-state index in [2.05, 4.69) is 13.8 Å². The zero-order valence-electron chi connectivity index (χ0n) is 15.1. The van der Waals surface area contributed by atoms with E-state index >= 15 is 0 Å². The van der Waals surface area contributed by atoms with Gasteiger partial charge in [-0.25, -0.2) is 0 Å². The third kappa shape index (κ3) is 4.89. The lowest BCUT2D eigenvalue weighted by Crippen LogP contribution is -2.10. The molecule has 5 nitrogen and oxygen atoms in total. The summed E-state index contributed by atoms with van der Waals surface area (Å²) in [4.78, 5) is 10.9. The van der Waals surface area contributed by atoms with Gasteiger partial charge in [-0.15, -0.1) is 0 Å². The summed E-state index contributed by atoms with van der Waals surface area (Å²) in [5.74, 6) is 2.86. The van der Waals surface area contributed by atoms with E-state index in [1.54, 1.807) is 32.4 Å². The summed E-state index contributed by atoms with van der Waals surface area (Å²) in [6.07, 6.45) is 0.769. The summed E-state index contributed by atoms with van der Waals surface area (Å²) < 4.78 is 22.1. The Morgan fingerprint density at radius 1 is 0.840 bits per heavy atom. The van der Waals surface area contributed by atoms with Crippen molar-refractivity contribution < 1.29 is 23.7 Å². The molecule has 0 bridgehead atoms. The molecule has 0 aliphatic carbocycles. The molecular formula is C20H24O5. The average Bonchev–Trinajstić information content (AvgIpc) is 2.64. The van der Waals surface area contributed by atoms with Crippen LogP contribution in [0, 0.1) is 0 Å². The number of carbonyl (C=O) groups excluding carboxylic acids is 1. The maximum Gasteiger partial charge on any atom is 0.162 e.